The Labute approximate surface area is 168 Å². The van der Waals surface area contributed by atoms with E-state index in [0.717, 1.165) is 26.2 Å². The highest BCUT2D eigenvalue weighted by Crippen LogP contribution is 2.20. The smallest absolute Gasteiger partial charge is 0.275 e. The maximum Gasteiger partial charge on any atom is 0.275 e. The summed E-state index contributed by atoms with van der Waals surface area (Å²) in [6, 6.07) is 6.83. The van der Waals surface area contributed by atoms with Gasteiger partial charge in [-0.3, -0.25) is 9.69 Å². The Morgan fingerprint density at radius 2 is 2.07 bits per heavy atom. The SMILES string of the molecule is CN(Cc1ncc[nH]1)C(=O)c1coc(CN2CCN(c3ccccc3F)CC2)n1. The quantitative estimate of drug-likeness (QED) is 0.685. The monoisotopic (exact) mass is 398 g/mol. The molecule has 9 heteroatoms. The first kappa shape index (κ1) is 19.1. The zero-order chi connectivity index (χ0) is 20.2. The molecule has 1 fully saturated rings. The zero-order valence-electron chi connectivity index (χ0n) is 16.2. The summed E-state index contributed by atoms with van der Waals surface area (Å²) in [7, 11) is 1.70. The van der Waals surface area contributed by atoms with E-state index in [0.29, 0.717) is 30.5 Å². The number of rotatable bonds is 6. The van der Waals surface area contributed by atoms with E-state index in [9.17, 15) is 9.18 Å². The summed E-state index contributed by atoms with van der Waals surface area (Å²) in [5.74, 6) is 0.785. The van der Waals surface area contributed by atoms with E-state index in [4.69, 9.17) is 4.42 Å². The van der Waals surface area contributed by atoms with Crippen LogP contribution in [0.2, 0.25) is 0 Å². The van der Waals surface area contributed by atoms with Crippen LogP contribution in [0.25, 0.3) is 0 Å². The first-order chi connectivity index (χ1) is 14.1. The fraction of sp³-hybridized carbons (Fsp3) is 0.350. The van der Waals surface area contributed by atoms with E-state index in [-0.39, 0.29) is 17.4 Å². The molecule has 4 rings (SSSR count). The Morgan fingerprint density at radius 1 is 1.28 bits per heavy atom. The lowest BCUT2D eigenvalue weighted by Gasteiger charge is -2.35. The van der Waals surface area contributed by atoms with E-state index in [2.05, 4.69) is 19.9 Å². The number of hydrogen-bond acceptors (Lipinski definition) is 6. The molecule has 0 unspecified atom stereocenters. The highest BCUT2D eigenvalue weighted by Gasteiger charge is 2.22. The molecule has 0 aliphatic carbocycles. The number of nitrogens with one attached hydrogen (secondary N) is 1. The molecule has 0 spiro atoms. The second-order valence-electron chi connectivity index (χ2n) is 7.04. The van der Waals surface area contributed by atoms with Gasteiger partial charge in [0, 0.05) is 45.6 Å². The Hall–Kier alpha value is -3.20. The number of oxazole rings is 1. The number of H-pyrrole nitrogens is 1. The van der Waals surface area contributed by atoms with Gasteiger partial charge in [-0.15, -0.1) is 0 Å². The van der Waals surface area contributed by atoms with Gasteiger partial charge < -0.3 is 19.2 Å². The van der Waals surface area contributed by atoms with Crippen LogP contribution in [0.3, 0.4) is 0 Å². The van der Waals surface area contributed by atoms with Gasteiger partial charge in [-0.05, 0) is 12.1 Å². The number of piperazine rings is 1. The van der Waals surface area contributed by atoms with Crippen molar-refractivity contribution in [3.8, 4) is 0 Å². The molecule has 1 amide bonds. The number of hydrogen-bond donors (Lipinski definition) is 1. The minimum atomic E-state index is -0.222. The molecule has 2 aromatic heterocycles. The van der Waals surface area contributed by atoms with Gasteiger partial charge >= 0.3 is 0 Å². The molecule has 0 bridgehead atoms. The number of aromatic nitrogens is 3. The molecular formula is C20H23FN6O2. The van der Waals surface area contributed by atoms with Crippen molar-refractivity contribution in [2.75, 3.05) is 38.1 Å². The third kappa shape index (κ3) is 4.45. The Bertz CT molecular complexity index is 950. The Kier molecular flexibility index (Phi) is 5.57. The average molecular weight is 398 g/mol. The Morgan fingerprint density at radius 3 is 2.79 bits per heavy atom. The lowest BCUT2D eigenvalue weighted by Crippen LogP contribution is -2.46. The number of carbonyl (C=O) groups excluding carboxylic acids is 1. The van der Waals surface area contributed by atoms with E-state index in [1.807, 2.05) is 11.0 Å². The van der Waals surface area contributed by atoms with Crippen LogP contribution in [0.4, 0.5) is 10.1 Å². The largest absolute Gasteiger partial charge is 0.447 e. The molecule has 29 heavy (non-hydrogen) atoms. The van der Waals surface area contributed by atoms with Crippen molar-refractivity contribution >= 4 is 11.6 Å². The molecule has 0 saturated carbocycles. The molecule has 0 atom stereocenters. The second kappa shape index (κ2) is 8.44. The predicted molar refractivity (Wildman–Crippen MR) is 105 cm³/mol. The van der Waals surface area contributed by atoms with Crippen LogP contribution < -0.4 is 4.90 Å². The predicted octanol–water partition coefficient (Wildman–Crippen LogP) is 2.13. The summed E-state index contributed by atoms with van der Waals surface area (Å²) in [5, 5.41) is 0. The van der Waals surface area contributed by atoms with E-state index in [1.54, 1.807) is 31.6 Å². The van der Waals surface area contributed by atoms with Gasteiger partial charge in [0.1, 0.15) is 17.9 Å². The summed E-state index contributed by atoms with van der Waals surface area (Å²) in [6.45, 7) is 3.85. The van der Waals surface area contributed by atoms with Crippen molar-refractivity contribution in [3.05, 3.63) is 66.1 Å². The van der Waals surface area contributed by atoms with Gasteiger partial charge in [0.15, 0.2) is 5.69 Å². The molecule has 1 saturated heterocycles. The van der Waals surface area contributed by atoms with Gasteiger partial charge in [-0.25, -0.2) is 14.4 Å². The van der Waals surface area contributed by atoms with Crippen LogP contribution in [-0.4, -0.2) is 63.9 Å². The number of imidazole rings is 1. The van der Waals surface area contributed by atoms with Gasteiger partial charge in [0.05, 0.1) is 18.8 Å². The van der Waals surface area contributed by atoms with Crippen LogP contribution in [0, 0.1) is 5.82 Å². The molecule has 3 aromatic rings. The first-order valence-corrected chi connectivity index (χ1v) is 9.50. The number of para-hydroxylation sites is 1. The van der Waals surface area contributed by atoms with Gasteiger partial charge in [0.2, 0.25) is 5.89 Å². The minimum Gasteiger partial charge on any atom is -0.447 e. The molecule has 8 nitrogen and oxygen atoms in total. The maximum atomic E-state index is 14.0. The van der Waals surface area contributed by atoms with Crippen molar-refractivity contribution in [3.63, 3.8) is 0 Å². The highest BCUT2D eigenvalue weighted by atomic mass is 19.1. The summed E-state index contributed by atoms with van der Waals surface area (Å²) < 4.78 is 19.5. The first-order valence-electron chi connectivity index (χ1n) is 9.50. The van der Waals surface area contributed by atoms with Crippen LogP contribution in [-0.2, 0) is 13.1 Å². The number of anilines is 1. The standard InChI is InChI=1S/C20H23FN6O2/c1-25(12-18-22-6-7-23-18)20(28)16-14-29-19(24-16)13-26-8-10-27(11-9-26)17-5-3-2-4-15(17)21/h2-7,14H,8-13H2,1H3,(H,22,23). The number of carbonyl (C=O) groups is 1. The second-order valence-corrected chi connectivity index (χ2v) is 7.04. The molecule has 1 N–H and O–H groups in total. The van der Waals surface area contributed by atoms with Gasteiger partial charge in [-0.1, -0.05) is 12.1 Å². The third-order valence-electron chi connectivity index (χ3n) is 4.98. The summed E-state index contributed by atoms with van der Waals surface area (Å²) >= 11 is 0. The molecule has 152 valence electrons. The van der Waals surface area contributed by atoms with Crippen LogP contribution in [0.15, 0.2) is 47.3 Å². The molecule has 1 aliphatic rings. The lowest BCUT2D eigenvalue weighted by molar-refractivity contribution is 0.0776. The fourth-order valence-electron chi connectivity index (χ4n) is 3.40. The number of amides is 1. The molecule has 3 heterocycles. The normalized spacial score (nSPS) is 14.9. The number of halogens is 1. The third-order valence-corrected chi connectivity index (χ3v) is 4.98. The lowest BCUT2D eigenvalue weighted by atomic mass is 10.2. The number of aromatic amines is 1. The Balaban J connectivity index is 1.30. The van der Waals surface area contributed by atoms with Crippen molar-refractivity contribution < 1.29 is 13.6 Å². The van der Waals surface area contributed by atoms with E-state index in [1.165, 1.54) is 17.2 Å². The molecule has 1 aliphatic heterocycles. The zero-order valence-corrected chi connectivity index (χ0v) is 16.2. The van der Waals surface area contributed by atoms with Crippen molar-refractivity contribution in [1.29, 1.82) is 0 Å². The van der Waals surface area contributed by atoms with Crippen molar-refractivity contribution in [2.24, 2.45) is 0 Å². The fourth-order valence-corrected chi connectivity index (χ4v) is 3.40. The maximum absolute atomic E-state index is 14.0. The molecule has 0 radical (unpaired) electrons. The van der Waals surface area contributed by atoms with Crippen molar-refractivity contribution in [1.82, 2.24) is 24.8 Å². The highest BCUT2D eigenvalue weighted by molar-refractivity contribution is 5.91. The molecule has 1 aromatic carbocycles. The van der Waals surface area contributed by atoms with Crippen LogP contribution >= 0.6 is 0 Å². The molecular weight excluding hydrogens is 375 g/mol. The minimum absolute atomic E-state index is 0.199. The van der Waals surface area contributed by atoms with Crippen molar-refractivity contribution in [2.45, 2.75) is 13.1 Å². The number of benzene rings is 1. The summed E-state index contributed by atoms with van der Waals surface area (Å²) in [6.07, 6.45) is 4.76. The summed E-state index contributed by atoms with van der Waals surface area (Å²) in [4.78, 5) is 29.7. The number of nitrogens with zero attached hydrogens (tertiary/aromatic N) is 5. The van der Waals surface area contributed by atoms with Gasteiger partial charge in [-0.2, -0.15) is 0 Å². The van der Waals surface area contributed by atoms with Gasteiger partial charge in [0.25, 0.3) is 5.91 Å². The van der Waals surface area contributed by atoms with Crippen LogP contribution in [0.1, 0.15) is 22.2 Å². The summed E-state index contributed by atoms with van der Waals surface area (Å²) in [5.41, 5.74) is 0.912. The topological polar surface area (TPSA) is 81.5 Å². The van der Waals surface area contributed by atoms with Crippen LogP contribution in [0.5, 0.6) is 0 Å². The average Bonchev–Trinajstić information content (AvgIpc) is 3.41. The van der Waals surface area contributed by atoms with E-state index < -0.39 is 0 Å². The van der Waals surface area contributed by atoms with E-state index >= 15 is 0 Å².